The number of aromatic hydroxyl groups is 1. The number of amides is 2. The molecule has 0 aliphatic heterocycles. The van der Waals surface area contributed by atoms with Crippen LogP contribution in [0, 0.1) is 0 Å². The van der Waals surface area contributed by atoms with E-state index in [9.17, 15) is 14.7 Å². The fourth-order valence-electron chi connectivity index (χ4n) is 3.87. The molecule has 0 saturated carbocycles. The van der Waals surface area contributed by atoms with Crippen LogP contribution in [0.25, 0.3) is 11.1 Å². The van der Waals surface area contributed by atoms with Gasteiger partial charge in [-0.1, -0.05) is 60.7 Å². The molecule has 3 aromatic rings. The summed E-state index contributed by atoms with van der Waals surface area (Å²) in [7, 11) is 0. The molecule has 152 valence electrons. The minimum Gasteiger partial charge on any atom is -0.508 e. The van der Waals surface area contributed by atoms with E-state index in [4.69, 9.17) is 10.5 Å². The van der Waals surface area contributed by atoms with Gasteiger partial charge < -0.3 is 20.9 Å². The predicted molar refractivity (Wildman–Crippen MR) is 113 cm³/mol. The monoisotopic (exact) mass is 402 g/mol. The Morgan fingerprint density at radius 3 is 2.07 bits per heavy atom. The topological polar surface area (TPSA) is 102 Å². The molecule has 30 heavy (non-hydrogen) atoms. The van der Waals surface area contributed by atoms with E-state index in [-0.39, 0.29) is 24.7 Å². The first kappa shape index (κ1) is 19.5. The van der Waals surface area contributed by atoms with Gasteiger partial charge in [0.15, 0.2) is 0 Å². The van der Waals surface area contributed by atoms with Crippen LogP contribution < -0.4 is 11.1 Å². The number of hydrogen-bond acceptors (Lipinski definition) is 4. The van der Waals surface area contributed by atoms with Gasteiger partial charge in [-0.2, -0.15) is 0 Å². The molecule has 0 heterocycles. The lowest BCUT2D eigenvalue weighted by atomic mass is 9.98. The summed E-state index contributed by atoms with van der Waals surface area (Å²) in [6.07, 6.45) is -0.487. The molecule has 0 bridgehead atoms. The van der Waals surface area contributed by atoms with Crippen molar-refractivity contribution in [1.29, 1.82) is 0 Å². The minimum atomic E-state index is -0.912. The van der Waals surface area contributed by atoms with Crippen molar-refractivity contribution in [3.05, 3.63) is 89.5 Å². The third-order valence-electron chi connectivity index (χ3n) is 5.36. The number of rotatable bonds is 6. The molecule has 6 nitrogen and oxygen atoms in total. The van der Waals surface area contributed by atoms with Gasteiger partial charge in [-0.3, -0.25) is 4.79 Å². The molecule has 0 aromatic heterocycles. The number of ether oxygens (including phenoxy) is 1. The molecule has 3 aromatic carbocycles. The van der Waals surface area contributed by atoms with Crippen LogP contribution in [0.3, 0.4) is 0 Å². The highest BCUT2D eigenvalue weighted by Crippen LogP contribution is 2.44. The van der Waals surface area contributed by atoms with E-state index in [1.54, 1.807) is 12.1 Å². The lowest BCUT2D eigenvalue weighted by molar-refractivity contribution is -0.119. The molecule has 0 saturated heterocycles. The highest BCUT2D eigenvalue weighted by atomic mass is 16.5. The smallest absolute Gasteiger partial charge is 0.407 e. The summed E-state index contributed by atoms with van der Waals surface area (Å²) < 4.78 is 5.48. The van der Waals surface area contributed by atoms with Gasteiger partial charge in [0.2, 0.25) is 5.91 Å². The second-order valence-corrected chi connectivity index (χ2v) is 7.30. The number of phenols is 1. The SMILES string of the molecule is NC(=O)[C@@H](Cc1ccc(O)cc1)NC(=O)OCC1c2ccccc2-c2ccccc21. The Bertz CT molecular complexity index is 1030. The Morgan fingerprint density at radius 1 is 0.933 bits per heavy atom. The summed E-state index contributed by atoms with van der Waals surface area (Å²) in [6, 6.07) is 21.6. The van der Waals surface area contributed by atoms with Crippen molar-refractivity contribution in [3.63, 3.8) is 0 Å². The molecule has 0 radical (unpaired) electrons. The van der Waals surface area contributed by atoms with Crippen LogP contribution in [0.2, 0.25) is 0 Å². The second-order valence-electron chi connectivity index (χ2n) is 7.30. The lowest BCUT2D eigenvalue weighted by Crippen LogP contribution is -2.46. The van der Waals surface area contributed by atoms with Crippen molar-refractivity contribution in [2.24, 2.45) is 5.73 Å². The number of nitrogens with one attached hydrogen (secondary N) is 1. The minimum absolute atomic E-state index is 0.0627. The van der Waals surface area contributed by atoms with Gasteiger partial charge in [-0.15, -0.1) is 0 Å². The highest BCUT2D eigenvalue weighted by Gasteiger charge is 2.29. The first-order chi connectivity index (χ1) is 14.5. The molecule has 4 rings (SSSR count). The number of alkyl carbamates (subject to hydrolysis) is 1. The molecule has 0 spiro atoms. The Morgan fingerprint density at radius 2 is 1.50 bits per heavy atom. The number of phenolic OH excluding ortho intramolecular Hbond substituents is 1. The zero-order chi connectivity index (χ0) is 21.1. The lowest BCUT2D eigenvalue weighted by Gasteiger charge is -2.18. The highest BCUT2D eigenvalue weighted by molar-refractivity contribution is 5.84. The van der Waals surface area contributed by atoms with E-state index in [2.05, 4.69) is 17.4 Å². The summed E-state index contributed by atoms with van der Waals surface area (Å²) in [5, 5.41) is 11.9. The predicted octanol–water partition coefficient (Wildman–Crippen LogP) is 3.33. The normalized spacial score (nSPS) is 13.2. The maximum Gasteiger partial charge on any atom is 0.407 e. The van der Waals surface area contributed by atoms with Crippen molar-refractivity contribution < 1.29 is 19.4 Å². The molecular formula is C24H22N2O4. The first-order valence-electron chi connectivity index (χ1n) is 9.71. The van der Waals surface area contributed by atoms with Gasteiger partial charge in [0.25, 0.3) is 0 Å². The Kier molecular flexibility index (Phi) is 5.39. The van der Waals surface area contributed by atoms with Crippen molar-refractivity contribution in [2.75, 3.05) is 6.61 Å². The molecule has 1 atom stereocenters. The number of fused-ring (bicyclic) bond motifs is 3. The van der Waals surface area contributed by atoms with E-state index in [1.165, 1.54) is 12.1 Å². The fraction of sp³-hybridized carbons (Fsp3) is 0.167. The first-order valence-corrected chi connectivity index (χ1v) is 9.71. The van der Waals surface area contributed by atoms with E-state index in [0.717, 1.165) is 27.8 Å². The van der Waals surface area contributed by atoms with Gasteiger partial charge in [0.05, 0.1) is 0 Å². The quantitative estimate of drug-likeness (QED) is 0.589. The van der Waals surface area contributed by atoms with Crippen molar-refractivity contribution >= 4 is 12.0 Å². The number of carbonyl (C=O) groups is 2. The molecule has 0 fully saturated rings. The Balaban J connectivity index is 1.43. The average molecular weight is 402 g/mol. The maximum absolute atomic E-state index is 12.4. The third-order valence-corrected chi connectivity index (χ3v) is 5.36. The molecule has 6 heteroatoms. The zero-order valence-corrected chi connectivity index (χ0v) is 16.2. The summed E-state index contributed by atoms with van der Waals surface area (Å²) in [5.41, 5.74) is 10.7. The molecular weight excluding hydrogens is 380 g/mol. The summed E-state index contributed by atoms with van der Waals surface area (Å²) in [5.74, 6) is -0.595. The Labute approximate surface area is 174 Å². The van der Waals surface area contributed by atoms with Crippen molar-refractivity contribution in [2.45, 2.75) is 18.4 Å². The van der Waals surface area contributed by atoms with Crippen LogP contribution >= 0.6 is 0 Å². The number of benzene rings is 3. The Hall–Kier alpha value is -3.80. The van der Waals surface area contributed by atoms with Crippen LogP contribution in [-0.2, 0) is 16.0 Å². The van der Waals surface area contributed by atoms with Crippen LogP contribution in [0.15, 0.2) is 72.8 Å². The molecule has 4 N–H and O–H groups in total. The maximum atomic E-state index is 12.4. The van der Waals surface area contributed by atoms with Gasteiger partial charge in [-0.25, -0.2) is 4.79 Å². The second kappa shape index (κ2) is 8.29. The molecule has 0 unspecified atom stereocenters. The number of hydrogen-bond donors (Lipinski definition) is 3. The third kappa shape index (κ3) is 3.98. The molecule has 1 aliphatic carbocycles. The standard InChI is InChI=1S/C24H22N2O4/c25-23(28)22(13-15-9-11-16(27)12-10-15)26-24(29)30-14-21-19-7-3-1-5-17(19)18-6-2-4-8-20(18)21/h1-12,21-22,27H,13-14H2,(H2,25,28)(H,26,29)/t22-/m1/s1. The van der Waals surface area contributed by atoms with E-state index < -0.39 is 18.0 Å². The summed E-state index contributed by atoms with van der Waals surface area (Å²) in [6.45, 7) is 0.157. The summed E-state index contributed by atoms with van der Waals surface area (Å²) in [4.78, 5) is 24.2. The number of primary amides is 1. The van der Waals surface area contributed by atoms with E-state index >= 15 is 0 Å². The molecule has 1 aliphatic rings. The van der Waals surface area contributed by atoms with Crippen LogP contribution in [0.4, 0.5) is 4.79 Å². The van der Waals surface area contributed by atoms with E-state index in [1.807, 2.05) is 36.4 Å². The van der Waals surface area contributed by atoms with Gasteiger partial charge >= 0.3 is 6.09 Å². The van der Waals surface area contributed by atoms with Crippen molar-refractivity contribution in [3.8, 4) is 16.9 Å². The van der Waals surface area contributed by atoms with Gasteiger partial charge in [0.1, 0.15) is 18.4 Å². The number of nitrogens with two attached hydrogens (primary N) is 1. The molecule has 2 amide bonds. The van der Waals surface area contributed by atoms with Crippen LogP contribution in [-0.4, -0.2) is 29.8 Å². The summed E-state index contributed by atoms with van der Waals surface area (Å²) >= 11 is 0. The zero-order valence-electron chi connectivity index (χ0n) is 16.2. The van der Waals surface area contributed by atoms with Crippen LogP contribution in [0.5, 0.6) is 5.75 Å². The van der Waals surface area contributed by atoms with Crippen LogP contribution in [0.1, 0.15) is 22.6 Å². The number of carbonyl (C=O) groups excluding carboxylic acids is 2. The fourth-order valence-corrected chi connectivity index (χ4v) is 3.87. The average Bonchev–Trinajstić information content (AvgIpc) is 3.07. The van der Waals surface area contributed by atoms with Gasteiger partial charge in [-0.05, 0) is 39.9 Å². The van der Waals surface area contributed by atoms with Gasteiger partial charge in [0, 0.05) is 12.3 Å². The largest absolute Gasteiger partial charge is 0.508 e. The van der Waals surface area contributed by atoms with E-state index in [0.29, 0.717) is 0 Å². The van der Waals surface area contributed by atoms with Crippen molar-refractivity contribution in [1.82, 2.24) is 5.32 Å².